The Morgan fingerprint density at radius 3 is 3.04 bits per heavy atom. The van der Waals surface area contributed by atoms with Gasteiger partial charge in [-0.15, -0.1) is 0 Å². The molecule has 0 saturated carbocycles. The van der Waals surface area contributed by atoms with Crippen LogP contribution < -0.4 is 10.2 Å². The van der Waals surface area contributed by atoms with Crippen LogP contribution in [0.5, 0.6) is 0 Å². The van der Waals surface area contributed by atoms with Gasteiger partial charge in [0.2, 0.25) is 0 Å². The van der Waals surface area contributed by atoms with Crippen molar-refractivity contribution in [3.8, 4) is 0 Å². The Morgan fingerprint density at radius 2 is 2.25 bits per heavy atom. The van der Waals surface area contributed by atoms with Gasteiger partial charge in [0.25, 0.3) is 5.91 Å². The third-order valence-corrected chi connectivity index (χ3v) is 5.05. The van der Waals surface area contributed by atoms with Gasteiger partial charge in [0.05, 0.1) is 12.6 Å². The summed E-state index contributed by atoms with van der Waals surface area (Å²) in [7, 11) is 0. The Balaban J connectivity index is 1.31. The number of nitrogens with zero attached hydrogens (tertiary/aromatic N) is 2. The van der Waals surface area contributed by atoms with E-state index in [4.69, 9.17) is 9.57 Å². The number of nitrogens with one attached hydrogen (secondary N) is 1. The molecule has 3 heterocycles. The molecule has 1 aromatic rings. The lowest BCUT2D eigenvalue weighted by Crippen LogP contribution is -2.39. The lowest BCUT2D eigenvalue weighted by atomic mass is 9.96. The van der Waals surface area contributed by atoms with Gasteiger partial charge in [-0.3, -0.25) is 4.79 Å². The lowest BCUT2D eigenvalue weighted by molar-refractivity contribution is -0.115. The van der Waals surface area contributed by atoms with Crippen LogP contribution in [0.25, 0.3) is 0 Å². The second-order valence-corrected chi connectivity index (χ2v) is 6.84. The zero-order chi connectivity index (χ0) is 16.4. The van der Waals surface area contributed by atoms with Crippen LogP contribution in [0.2, 0.25) is 0 Å². The largest absolute Gasteiger partial charge is 0.386 e. The molecule has 3 aliphatic heterocycles. The van der Waals surface area contributed by atoms with Crippen LogP contribution in [0.15, 0.2) is 35.5 Å². The molecule has 1 spiro atoms. The fraction of sp³-hybridized carbons (Fsp3) is 0.556. The Hall–Kier alpha value is -2.08. The molecule has 0 radical (unpaired) electrons. The number of carbonyl (C=O) groups excluding carboxylic acids is 1. The highest BCUT2D eigenvalue weighted by Gasteiger charge is 2.46. The fourth-order valence-electron chi connectivity index (χ4n) is 3.68. The predicted octanol–water partition coefficient (Wildman–Crippen LogP) is 1.71. The van der Waals surface area contributed by atoms with E-state index in [1.165, 1.54) is 5.69 Å². The number of hydrogen-bond donors (Lipinski definition) is 1. The molecule has 3 aliphatic rings. The van der Waals surface area contributed by atoms with Gasteiger partial charge < -0.3 is 19.8 Å². The number of benzene rings is 1. The molecule has 0 aliphatic carbocycles. The van der Waals surface area contributed by atoms with Crippen molar-refractivity contribution >= 4 is 17.3 Å². The average Bonchev–Trinajstić information content (AvgIpc) is 3.36. The van der Waals surface area contributed by atoms with Crippen LogP contribution in [0.3, 0.4) is 0 Å². The standard InChI is InChI=1S/C18H23N3O3/c22-17(19-12-15-7-4-10-23-15)16-11-18(24-20-16)8-9-21(13-18)14-5-2-1-3-6-14/h1-3,5-6,15H,4,7-13H2,(H,19,22)/t15-,18+/m0/s1. The quantitative estimate of drug-likeness (QED) is 0.913. The summed E-state index contributed by atoms with van der Waals surface area (Å²) >= 11 is 0. The van der Waals surface area contributed by atoms with E-state index in [1.807, 2.05) is 18.2 Å². The molecule has 6 heteroatoms. The summed E-state index contributed by atoms with van der Waals surface area (Å²) in [5, 5.41) is 7.01. The number of oxime groups is 1. The third-order valence-electron chi connectivity index (χ3n) is 5.05. The van der Waals surface area contributed by atoms with E-state index in [-0.39, 0.29) is 17.6 Å². The van der Waals surface area contributed by atoms with Crippen molar-refractivity contribution < 1.29 is 14.4 Å². The van der Waals surface area contributed by atoms with Gasteiger partial charge >= 0.3 is 0 Å². The molecule has 1 aromatic carbocycles. The molecule has 24 heavy (non-hydrogen) atoms. The first-order valence-corrected chi connectivity index (χ1v) is 8.69. The summed E-state index contributed by atoms with van der Waals surface area (Å²) in [6.45, 7) is 3.04. The van der Waals surface area contributed by atoms with E-state index in [1.54, 1.807) is 0 Å². The Kier molecular flexibility index (Phi) is 4.14. The second kappa shape index (κ2) is 6.43. The number of amides is 1. The van der Waals surface area contributed by atoms with Crippen molar-refractivity contribution in [3.63, 3.8) is 0 Å². The van der Waals surface area contributed by atoms with Gasteiger partial charge in [0, 0.05) is 38.2 Å². The highest BCUT2D eigenvalue weighted by Crippen LogP contribution is 2.36. The van der Waals surface area contributed by atoms with Crippen LogP contribution in [0, 0.1) is 0 Å². The van der Waals surface area contributed by atoms with Crippen LogP contribution in [-0.2, 0) is 14.4 Å². The molecule has 0 aromatic heterocycles. The molecule has 1 amide bonds. The third kappa shape index (κ3) is 3.11. The highest BCUT2D eigenvalue weighted by atomic mass is 16.7. The number of hydrogen-bond acceptors (Lipinski definition) is 5. The maximum Gasteiger partial charge on any atom is 0.269 e. The number of carbonyl (C=O) groups is 1. The van der Waals surface area contributed by atoms with E-state index < -0.39 is 0 Å². The zero-order valence-electron chi connectivity index (χ0n) is 13.7. The van der Waals surface area contributed by atoms with Crippen molar-refractivity contribution in [3.05, 3.63) is 30.3 Å². The summed E-state index contributed by atoms with van der Waals surface area (Å²) in [6, 6.07) is 10.3. The molecule has 6 nitrogen and oxygen atoms in total. The minimum atomic E-state index is -0.355. The zero-order valence-corrected chi connectivity index (χ0v) is 13.7. The maximum atomic E-state index is 12.3. The van der Waals surface area contributed by atoms with E-state index in [9.17, 15) is 4.79 Å². The number of para-hydroxylation sites is 1. The summed E-state index contributed by atoms with van der Waals surface area (Å²) in [5.41, 5.74) is 1.34. The van der Waals surface area contributed by atoms with Crippen molar-refractivity contribution in [2.45, 2.75) is 37.4 Å². The van der Waals surface area contributed by atoms with Crippen molar-refractivity contribution in [2.24, 2.45) is 5.16 Å². The number of ether oxygens (including phenoxy) is 1. The highest BCUT2D eigenvalue weighted by molar-refractivity contribution is 6.39. The molecule has 0 unspecified atom stereocenters. The smallest absolute Gasteiger partial charge is 0.269 e. The second-order valence-electron chi connectivity index (χ2n) is 6.84. The predicted molar refractivity (Wildman–Crippen MR) is 91.1 cm³/mol. The molecular formula is C18H23N3O3. The van der Waals surface area contributed by atoms with Crippen LogP contribution in [0.1, 0.15) is 25.7 Å². The van der Waals surface area contributed by atoms with E-state index in [0.29, 0.717) is 18.7 Å². The number of rotatable bonds is 4. The summed E-state index contributed by atoms with van der Waals surface area (Å²) in [5.74, 6) is -0.125. The molecule has 1 N–H and O–H groups in total. The van der Waals surface area contributed by atoms with Crippen molar-refractivity contribution in [1.82, 2.24) is 5.32 Å². The molecule has 2 fully saturated rings. The van der Waals surface area contributed by atoms with Crippen molar-refractivity contribution in [2.75, 3.05) is 31.1 Å². The van der Waals surface area contributed by atoms with Crippen molar-refractivity contribution in [1.29, 1.82) is 0 Å². The maximum absolute atomic E-state index is 12.3. The van der Waals surface area contributed by atoms with E-state index >= 15 is 0 Å². The average molecular weight is 329 g/mol. The van der Waals surface area contributed by atoms with Gasteiger partial charge in [-0.1, -0.05) is 23.4 Å². The number of anilines is 1. The molecule has 4 rings (SSSR count). The van der Waals surface area contributed by atoms with Gasteiger partial charge in [-0.05, 0) is 25.0 Å². The van der Waals surface area contributed by atoms with Gasteiger partial charge in [-0.2, -0.15) is 0 Å². The van der Waals surface area contributed by atoms with Crippen LogP contribution in [-0.4, -0.2) is 49.6 Å². The van der Waals surface area contributed by atoms with Crippen LogP contribution in [0.4, 0.5) is 5.69 Å². The normalized spacial score (nSPS) is 28.9. The van der Waals surface area contributed by atoms with E-state index in [0.717, 1.165) is 39.0 Å². The summed E-state index contributed by atoms with van der Waals surface area (Å²) < 4.78 is 5.53. The van der Waals surface area contributed by atoms with E-state index in [2.05, 4.69) is 27.5 Å². The first-order valence-electron chi connectivity index (χ1n) is 8.69. The Morgan fingerprint density at radius 1 is 1.38 bits per heavy atom. The van der Waals surface area contributed by atoms with Gasteiger partial charge in [0.15, 0.2) is 5.60 Å². The van der Waals surface area contributed by atoms with Crippen LogP contribution >= 0.6 is 0 Å². The first-order chi connectivity index (χ1) is 11.7. The minimum absolute atomic E-state index is 0.125. The molecular weight excluding hydrogens is 306 g/mol. The Labute approximate surface area is 141 Å². The first kappa shape index (κ1) is 15.4. The topological polar surface area (TPSA) is 63.2 Å². The monoisotopic (exact) mass is 329 g/mol. The summed E-state index contributed by atoms with van der Waals surface area (Å²) in [6.07, 6.45) is 3.69. The van der Waals surface area contributed by atoms with Gasteiger partial charge in [0.1, 0.15) is 5.71 Å². The SMILES string of the molecule is O=C(NC[C@@H]1CCCO1)C1=NO[C@]2(CCN(c3ccccc3)C2)C1. The summed E-state index contributed by atoms with van der Waals surface area (Å²) in [4.78, 5) is 20.3. The van der Waals surface area contributed by atoms with Gasteiger partial charge in [-0.25, -0.2) is 0 Å². The Bertz CT molecular complexity index is 628. The minimum Gasteiger partial charge on any atom is -0.386 e. The fourth-order valence-corrected chi connectivity index (χ4v) is 3.68. The molecule has 2 atom stereocenters. The lowest BCUT2D eigenvalue weighted by Gasteiger charge is -2.22. The molecule has 128 valence electrons. The molecule has 0 bridgehead atoms. The molecule has 2 saturated heterocycles.